The third kappa shape index (κ3) is 3.10. The van der Waals surface area contributed by atoms with Crippen molar-refractivity contribution in [3.8, 4) is 0 Å². The summed E-state index contributed by atoms with van der Waals surface area (Å²) in [6, 6.07) is 14.3. The topological polar surface area (TPSA) is 12.0 Å². The first-order chi connectivity index (χ1) is 10.1. The molecule has 2 aromatic carbocycles. The van der Waals surface area contributed by atoms with Crippen LogP contribution in [0.15, 0.2) is 42.5 Å². The van der Waals surface area contributed by atoms with Gasteiger partial charge >= 0.3 is 0 Å². The summed E-state index contributed by atoms with van der Waals surface area (Å²) in [5.74, 6) is 0.444. The van der Waals surface area contributed by atoms with Crippen LogP contribution in [0, 0.1) is 12.7 Å². The van der Waals surface area contributed by atoms with Crippen molar-refractivity contribution in [3.63, 3.8) is 0 Å². The van der Waals surface area contributed by atoms with Gasteiger partial charge in [0.1, 0.15) is 5.82 Å². The second-order valence-electron chi connectivity index (χ2n) is 6.17. The standard InChI is InChI=1S/C19H22FN/c1-13-11-17(20)10-9-15(13)7-8-16-12-14(2)21-19-6-4-3-5-18(16)19/h3-6,9-11,14,16,21H,7-8,12H2,1-2H3. The average molecular weight is 283 g/mol. The predicted molar refractivity (Wildman–Crippen MR) is 86.3 cm³/mol. The maximum Gasteiger partial charge on any atom is 0.123 e. The van der Waals surface area contributed by atoms with E-state index in [-0.39, 0.29) is 5.82 Å². The molecule has 1 heterocycles. The van der Waals surface area contributed by atoms with Crippen molar-refractivity contribution < 1.29 is 4.39 Å². The van der Waals surface area contributed by atoms with Gasteiger partial charge in [0.05, 0.1) is 0 Å². The van der Waals surface area contributed by atoms with Crippen molar-refractivity contribution >= 4 is 5.69 Å². The molecule has 0 bridgehead atoms. The molecule has 0 saturated carbocycles. The highest BCUT2D eigenvalue weighted by Gasteiger charge is 2.23. The Bertz CT molecular complexity index is 635. The Balaban J connectivity index is 1.76. The van der Waals surface area contributed by atoms with Gasteiger partial charge in [-0.3, -0.25) is 0 Å². The highest BCUT2D eigenvalue weighted by Crippen LogP contribution is 2.37. The fraction of sp³-hybridized carbons (Fsp3) is 0.368. The molecule has 2 atom stereocenters. The number of aryl methyl sites for hydroxylation is 2. The van der Waals surface area contributed by atoms with Crippen molar-refractivity contribution in [3.05, 3.63) is 65.0 Å². The zero-order chi connectivity index (χ0) is 14.8. The third-order valence-electron chi connectivity index (χ3n) is 4.51. The molecule has 1 N–H and O–H groups in total. The molecule has 0 radical (unpaired) electrons. The summed E-state index contributed by atoms with van der Waals surface area (Å²) in [4.78, 5) is 0. The minimum absolute atomic E-state index is 0.142. The number of hydrogen-bond acceptors (Lipinski definition) is 1. The Kier molecular flexibility index (Phi) is 3.96. The molecule has 21 heavy (non-hydrogen) atoms. The van der Waals surface area contributed by atoms with Gasteiger partial charge in [0, 0.05) is 11.7 Å². The number of fused-ring (bicyclic) bond motifs is 1. The van der Waals surface area contributed by atoms with Crippen molar-refractivity contribution in [1.29, 1.82) is 0 Å². The van der Waals surface area contributed by atoms with Gasteiger partial charge in [-0.2, -0.15) is 0 Å². The summed E-state index contributed by atoms with van der Waals surface area (Å²) < 4.78 is 13.2. The molecule has 0 spiro atoms. The van der Waals surface area contributed by atoms with E-state index >= 15 is 0 Å². The number of benzene rings is 2. The first-order valence-electron chi connectivity index (χ1n) is 7.74. The smallest absolute Gasteiger partial charge is 0.123 e. The molecule has 1 nitrogen and oxygen atoms in total. The number of halogens is 1. The highest BCUT2D eigenvalue weighted by molar-refractivity contribution is 5.55. The lowest BCUT2D eigenvalue weighted by Gasteiger charge is -2.31. The van der Waals surface area contributed by atoms with Gasteiger partial charge in [-0.1, -0.05) is 24.3 Å². The molecule has 0 saturated heterocycles. The fourth-order valence-corrected chi connectivity index (χ4v) is 3.41. The van der Waals surface area contributed by atoms with Crippen molar-refractivity contribution in [2.45, 2.75) is 45.1 Å². The second kappa shape index (κ2) is 5.88. The van der Waals surface area contributed by atoms with E-state index in [2.05, 4.69) is 36.5 Å². The third-order valence-corrected chi connectivity index (χ3v) is 4.51. The molecule has 0 fully saturated rings. The Morgan fingerprint density at radius 3 is 2.81 bits per heavy atom. The first-order valence-corrected chi connectivity index (χ1v) is 7.74. The van der Waals surface area contributed by atoms with Crippen molar-refractivity contribution in [2.75, 3.05) is 5.32 Å². The molecular formula is C19H22FN. The molecule has 3 rings (SSSR count). The summed E-state index contributed by atoms with van der Waals surface area (Å²) in [5.41, 5.74) is 5.03. The maximum atomic E-state index is 13.2. The normalized spacial score (nSPS) is 20.7. The second-order valence-corrected chi connectivity index (χ2v) is 6.17. The van der Waals surface area contributed by atoms with E-state index in [1.54, 1.807) is 12.1 Å². The molecular weight excluding hydrogens is 261 g/mol. The van der Waals surface area contributed by atoms with Gasteiger partial charge < -0.3 is 5.32 Å². The van der Waals surface area contributed by atoms with Crippen molar-refractivity contribution in [1.82, 2.24) is 0 Å². The Hall–Kier alpha value is -1.83. The van der Waals surface area contributed by atoms with Crippen LogP contribution in [-0.2, 0) is 6.42 Å². The van der Waals surface area contributed by atoms with E-state index in [4.69, 9.17) is 0 Å². The van der Waals surface area contributed by atoms with E-state index in [1.165, 1.54) is 16.8 Å². The molecule has 110 valence electrons. The monoisotopic (exact) mass is 283 g/mol. The van der Waals surface area contributed by atoms with E-state index in [9.17, 15) is 4.39 Å². The van der Waals surface area contributed by atoms with Crippen LogP contribution in [0.25, 0.3) is 0 Å². The van der Waals surface area contributed by atoms with E-state index in [0.29, 0.717) is 12.0 Å². The zero-order valence-electron chi connectivity index (χ0n) is 12.7. The maximum absolute atomic E-state index is 13.2. The van der Waals surface area contributed by atoms with Crippen LogP contribution in [0.2, 0.25) is 0 Å². The molecule has 0 amide bonds. The average Bonchev–Trinajstić information content (AvgIpc) is 2.46. The molecule has 2 unspecified atom stereocenters. The summed E-state index contributed by atoms with van der Waals surface area (Å²) in [5, 5.41) is 3.56. The van der Waals surface area contributed by atoms with Gasteiger partial charge in [-0.25, -0.2) is 4.39 Å². The first kappa shape index (κ1) is 14.1. The van der Waals surface area contributed by atoms with Crippen LogP contribution in [0.1, 0.15) is 42.4 Å². The minimum Gasteiger partial charge on any atom is -0.382 e. The zero-order valence-corrected chi connectivity index (χ0v) is 12.7. The highest BCUT2D eigenvalue weighted by atomic mass is 19.1. The van der Waals surface area contributed by atoms with Crippen LogP contribution >= 0.6 is 0 Å². The fourth-order valence-electron chi connectivity index (χ4n) is 3.41. The van der Waals surface area contributed by atoms with Crippen LogP contribution in [0.3, 0.4) is 0 Å². The predicted octanol–water partition coefficient (Wildman–Crippen LogP) is 5.05. The lowest BCUT2D eigenvalue weighted by atomic mass is 9.83. The molecule has 2 aromatic rings. The molecule has 0 aromatic heterocycles. The number of hydrogen-bond donors (Lipinski definition) is 1. The van der Waals surface area contributed by atoms with Crippen LogP contribution < -0.4 is 5.32 Å². The Morgan fingerprint density at radius 1 is 1.19 bits per heavy atom. The van der Waals surface area contributed by atoms with Gasteiger partial charge in [0.15, 0.2) is 0 Å². The van der Waals surface area contributed by atoms with E-state index in [0.717, 1.165) is 24.8 Å². The lowest BCUT2D eigenvalue weighted by Crippen LogP contribution is -2.25. The molecule has 2 heteroatoms. The van der Waals surface area contributed by atoms with Crippen LogP contribution in [0.4, 0.5) is 10.1 Å². The quantitative estimate of drug-likeness (QED) is 0.830. The number of rotatable bonds is 3. The van der Waals surface area contributed by atoms with Crippen molar-refractivity contribution in [2.24, 2.45) is 0 Å². The van der Waals surface area contributed by atoms with Gasteiger partial charge in [0.2, 0.25) is 0 Å². The Labute approximate surface area is 126 Å². The molecule has 1 aliphatic rings. The van der Waals surface area contributed by atoms with Gasteiger partial charge in [-0.05, 0) is 73.9 Å². The summed E-state index contributed by atoms with van der Waals surface area (Å²) in [7, 11) is 0. The Morgan fingerprint density at radius 2 is 2.00 bits per heavy atom. The summed E-state index contributed by atoms with van der Waals surface area (Å²) >= 11 is 0. The number of anilines is 1. The molecule has 0 aliphatic carbocycles. The largest absolute Gasteiger partial charge is 0.382 e. The summed E-state index contributed by atoms with van der Waals surface area (Å²) in [6.45, 7) is 4.24. The SMILES string of the molecule is Cc1cc(F)ccc1CCC1CC(C)Nc2ccccc21. The number of nitrogens with one attached hydrogen (secondary N) is 1. The molecule has 1 aliphatic heterocycles. The summed E-state index contributed by atoms with van der Waals surface area (Å²) in [6.07, 6.45) is 3.30. The number of para-hydroxylation sites is 1. The minimum atomic E-state index is -0.142. The van der Waals surface area contributed by atoms with E-state index < -0.39 is 0 Å². The lowest BCUT2D eigenvalue weighted by molar-refractivity contribution is 0.521. The van der Waals surface area contributed by atoms with Gasteiger partial charge in [0.25, 0.3) is 0 Å². The van der Waals surface area contributed by atoms with E-state index in [1.807, 2.05) is 13.0 Å². The van der Waals surface area contributed by atoms with Gasteiger partial charge in [-0.15, -0.1) is 0 Å². The van der Waals surface area contributed by atoms with Crippen LogP contribution in [0.5, 0.6) is 0 Å². The van der Waals surface area contributed by atoms with Crippen LogP contribution in [-0.4, -0.2) is 6.04 Å².